The molecule has 0 spiro atoms. The molecule has 1 unspecified atom stereocenters. The molecule has 4 rings (SSSR count). The first-order valence-corrected chi connectivity index (χ1v) is 9.76. The molecular weight excluding hydrogens is 342 g/mol. The number of nitrogens with zero attached hydrogens (tertiary/aromatic N) is 2. The Morgan fingerprint density at radius 3 is 2.36 bits per heavy atom. The van der Waals surface area contributed by atoms with Crippen molar-refractivity contribution in [3.63, 3.8) is 0 Å². The summed E-state index contributed by atoms with van der Waals surface area (Å²) in [6.07, 6.45) is 6.57. The zero-order chi connectivity index (χ0) is 17.8. The van der Waals surface area contributed by atoms with E-state index in [1.165, 1.54) is 12.3 Å². The molecule has 3 aliphatic heterocycles. The number of nitrogens with one attached hydrogen (secondary N) is 1. The number of allylic oxidation sites excluding steroid dienone is 1. The molecule has 1 aromatic heterocycles. The topological polar surface area (TPSA) is 90.6 Å². The Bertz CT molecular complexity index is 907. The minimum absolute atomic E-state index is 0.0349. The molecular formula is C17H19N3O4S. The third-order valence-corrected chi connectivity index (χ3v) is 7.22. The second-order valence-corrected chi connectivity index (χ2v) is 8.78. The van der Waals surface area contributed by atoms with E-state index in [1.807, 2.05) is 0 Å². The maximum absolute atomic E-state index is 12.8. The van der Waals surface area contributed by atoms with Gasteiger partial charge in [0.1, 0.15) is 5.25 Å². The van der Waals surface area contributed by atoms with Crippen LogP contribution < -0.4 is 0 Å². The fourth-order valence-electron chi connectivity index (χ4n) is 3.83. The highest BCUT2D eigenvalue weighted by Gasteiger charge is 2.46. The van der Waals surface area contributed by atoms with Crippen molar-refractivity contribution in [2.24, 2.45) is 0 Å². The molecule has 0 radical (unpaired) electrons. The third kappa shape index (κ3) is 2.43. The van der Waals surface area contributed by atoms with Gasteiger partial charge in [-0.25, -0.2) is 8.42 Å². The third-order valence-electron chi connectivity index (χ3n) is 5.11. The number of H-pyrrole nitrogens is 1. The summed E-state index contributed by atoms with van der Waals surface area (Å²) in [7, 11) is -3.61. The summed E-state index contributed by atoms with van der Waals surface area (Å²) in [6, 6.07) is 0. The van der Waals surface area contributed by atoms with Crippen LogP contribution in [0.4, 0.5) is 0 Å². The monoisotopic (exact) mass is 361 g/mol. The minimum Gasteiger partial charge on any atom is -0.366 e. The fourth-order valence-corrected chi connectivity index (χ4v) is 5.69. The number of amides is 2. The number of hydrogen-bond acceptors (Lipinski definition) is 4. The van der Waals surface area contributed by atoms with Crippen molar-refractivity contribution in [2.45, 2.75) is 23.5 Å². The van der Waals surface area contributed by atoms with Gasteiger partial charge in [-0.3, -0.25) is 9.59 Å². The van der Waals surface area contributed by atoms with E-state index in [0.717, 1.165) is 11.1 Å². The number of carbonyl (C=O) groups excluding carboxylic acids is 2. The fraction of sp³-hybridized carbons (Fsp3) is 0.412. The van der Waals surface area contributed by atoms with Crippen LogP contribution in [-0.2, 0) is 25.8 Å². The summed E-state index contributed by atoms with van der Waals surface area (Å²) in [4.78, 5) is 31.1. The van der Waals surface area contributed by atoms with E-state index in [-0.39, 0.29) is 23.1 Å². The molecule has 0 aromatic carbocycles. The number of hydrogen-bond donors (Lipinski definition) is 1. The van der Waals surface area contributed by atoms with Crippen LogP contribution in [0, 0.1) is 0 Å². The molecule has 0 saturated carbocycles. The van der Waals surface area contributed by atoms with E-state index in [1.54, 1.807) is 29.0 Å². The molecule has 1 atom stereocenters. The van der Waals surface area contributed by atoms with E-state index in [4.69, 9.17) is 0 Å². The summed E-state index contributed by atoms with van der Waals surface area (Å²) >= 11 is 0. The molecule has 132 valence electrons. The highest BCUT2D eigenvalue weighted by molar-refractivity contribution is 7.93. The lowest BCUT2D eigenvalue weighted by molar-refractivity contribution is -0.129. The van der Waals surface area contributed by atoms with Crippen LogP contribution >= 0.6 is 0 Å². The SMILES string of the molecule is C/C=C/C(=O)N1CC2=C(C1)CN(C(=O)C1Cc3c[nH]cc3S1(=O)=O)C2. The van der Waals surface area contributed by atoms with Crippen LogP contribution in [0.5, 0.6) is 0 Å². The Hall–Kier alpha value is -2.35. The number of aromatic nitrogens is 1. The first-order chi connectivity index (χ1) is 11.9. The van der Waals surface area contributed by atoms with E-state index in [2.05, 4.69) is 4.98 Å². The first kappa shape index (κ1) is 16.1. The quantitative estimate of drug-likeness (QED) is 0.605. The van der Waals surface area contributed by atoms with Crippen molar-refractivity contribution in [3.05, 3.63) is 41.3 Å². The van der Waals surface area contributed by atoms with Crippen LogP contribution in [0.2, 0.25) is 0 Å². The van der Waals surface area contributed by atoms with Gasteiger partial charge in [0, 0.05) is 45.0 Å². The Labute approximate surface area is 145 Å². The molecule has 1 aromatic rings. The zero-order valence-corrected chi connectivity index (χ0v) is 14.7. The molecule has 0 aliphatic carbocycles. The molecule has 4 heterocycles. The smallest absolute Gasteiger partial charge is 0.246 e. The molecule has 2 amide bonds. The lowest BCUT2D eigenvalue weighted by Crippen LogP contribution is -2.43. The van der Waals surface area contributed by atoms with E-state index in [0.29, 0.717) is 31.7 Å². The van der Waals surface area contributed by atoms with Gasteiger partial charge in [0.25, 0.3) is 0 Å². The Morgan fingerprint density at radius 2 is 1.76 bits per heavy atom. The van der Waals surface area contributed by atoms with Crippen molar-refractivity contribution in [3.8, 4) is 0 Å². The molecule has 1 N–H and O–H groups in total. The van der Waals surface area contributed by atoms with E-state index >= 15 is 0 Å². The number of carbonyl (C=O) groups is 2. The van der Waals surface area contributed by atoms with Gasteiger partial charge in [-0.05, 0) is 29.7 Å². The molecule has 3 aliphatic rings. The van der Waals surface area contributed by atoms with E-state index in [9.17, 15) is 18.0 Å². The van der Waals surface area contributed by atoms with Gasteiger partial charge in [0.05, 0.1) is 4.90 Å². The normalized spacial score (nSPS) is 24.3. The van der Waals surface area contributed by atoms with E-state index < -0.39 is 15.1 Å². The lowest BCUT2D eigenvalue weighted by atomic mass is 10.2. The summed E-state index contributed by atoms with van der Waals surface area (Å²) < 4.78 is 25.1. The predicted octanol–water partition coefficient (Wildman–Crippen LogP) is 0.270. The number of rotatable bonds is 2. The molecule has 25 heavy (non-hydrogen) atoms. The molecule has 8 heteroatoms. The summed E-state index contributed by atoms with van der Waals surface area (Å²) in [5, 5.41) is -1.02. The van der Waals surface area contributed by atoms with Gasteiger partial charge in [0.2, 0.25) is 11.8 Å². The lowest BCUT2D eigenvalue weighted by Gasteiger charge is -2.24. The van der Waals surface area contributed by atoms with Crippen molar-refractivity contribution < 1.29 is 18.0 Å². The average Bonchev–Trinajstić information content (AvgIpc) is 3.27. The Kier molecular flexibility index (Phi) is 3.61. The second kappa shape index (κ2) is 5.59. The highest BCUT2D eigenvalue weighted by Crippen LogP contribution is 2.34. The summed E-state index contributed by atoms with van der Waals surface area (Å²) in [5.74, 6) is -0.371. The number of sulfone groups is 1. The van der Waals surface area contributed by atoms with Crippen LogP contribution in [0.1, 0.15) is 12.5 Å². The molecule has 0 fully saturated rings. The maximum atomic E-state index is 12.8. The van der Waals surface area contributed by atoms with Crippen molar-refractivity contribution in [2.75, 3.05) is 26.2 Å². The standard InChI is InChI=1S/C17H19N3O4S/c1-2-3-16(21)19-7-12-9-20(10-13(12)8-19)17(22)14-4-11-5-18-6-15(11)25(14,23)24/h2-3,5-6,14,18H,4,7-10H2,1H3/b3-2+. The molecule has 0 bridgehead atoms. The van der Waals surface area contributed by atoms with Gasteiger partial charge in [-0.15, -0.1) is 0 Å². The van der Waals surface area contributed by atoms with Crippen LogP contribution in [0.25, 0.3) is 0 Å². The number of aromatic amines is 1. The van der Waals surface area contributed by atoms with Gasteiger partial charge in [-0.1, -0.05) is 6.08 Å². The molecule has 0 saturated heterocycles. The van der Waals surface area contributed by atoms with Gasteiger partial charge < -0.3 is 14.8 Å². The van der Waals surface area contributed by atoms with Crippen molar-refractivity contribution >= 4 is 21.7 Å². The highest BCUT2D eigenvalue weighted by atomic mass is 32.2. The Balaban J connectivity index is 1.44. The minimum atomic E-state index is -3.61. The van der Waals surface area contributed by atoms with Crippen molar-refractivity contribution in [1.82, 2.24) is 14.8 Å². The number of fused-ring (bicyclic) bond motifs is 1. The molecule has 7 nitrogen and oxygen atoms in total. The summed E-state index contributed by atoms with van der Waals surface area (Å²) in [5.41, 5.74) is 2.80. The van der Waals surface area contributed by atoms with Crippen molar-refractivity contribution in [1.29, 1.82) is 0 Å². The maximum Gasteiger partial charge on any atom is 0.246 e. The van der Waals surface area contributed by atoms with Gasteiger partial charge >= 0.3 is 0 Å². The average molecular weight is 361 g/mol. The van der Waals surface area contributed by atoms with Crippen LogP contribution in [-0.4, -0.2) is 66.4 Å². The van der Waals surface area contributed by atoms with Crippen LogP contribution in [0.15, 0.2) is 40.6 Å². The largest absolute Gasteiger partial charge is 0.366 e. The van der Waals surface area contributed by atoms with Crippen LogP contribution in [0.3, 0.4) is 0 Å². The van der Waals surface area contributed by atoms with Gasteiger partial charge in [0.15, 0.2) is 9.84 Å². The summed E-state index contributed by atoms with van der Waals surface area (Å²) in [6.45, 7) is 3.65. The van der Waals surface area contributed by atoms with Gasteiger partial charge in [-0.2, -0.15) is 0 Å². The zero-order valence-electron chi connectivity index (χ0n) is 13.9. The predicted molar refractivity (Wildman–Crippen MR) is 90.5 cm³/mol. The Morgan fingerprint density at radius 1 is 1.12 bits per heavy atom. The second-order valence-electron chi connectivity index (χ2n) is 6.68. The first-order valence-electron chi connectivity index (χ1n) is 8.21.